The molecule has 1 aliphatic carbocycles. The Kier molecular flexibility index (Phi) is 4.31. The molecule has 9 heteroatoms. The maximum Gasteiger partial charge on any atom is 0.363 e. The van der Waals surface area contributed by atoms with Crippen LogP contribution in [-0.2, 0) is 10.0 Å². The third kappa shape index (κ3) is 2.79. The van der Waals surface area contributed by atoms with E-state index in [0.29, 0.717) is 0 Å². The van der Waals surface area contributed by atoms with Gasteiger partial charge in [0.15, 0.2) is 6.20 Å². The summed E-state index contributed by atoms with van der Waals surface area (Å²) >= 11 is 0. The van der Waals surface area contributed by atoms with Crippen molar-refractivity contribution >= 4 is 15.8 Å². The van der Waals surface area contributed by atoms with Gasteiger partial charge in [-0.1, -0.05) is 6.42 Å². The van der Waals surface area contributed by atoms with Crippen LogP contribution < -0.4 is 0 Å². The minimum Gasteiger partial charge on any atom is -0.395 e. The van der Waals surface area contributed by atoms with Gasteiger partial charge in [-0.3, -0.25) is 0 Å². The average molecular weight is 301 g/mol. The molecular weight excluding hydrogens is 286 g/mol. The summed E-state index contributed by atoms with van der Waals surface area (Å²) in [5.41, 5.74) is 0. The zero-order valence-corrected chi connectivity index (χ0v) is 11.5. The van der Waals surface area contributed by atoms with Gasteiger partial charge in [-0.25, -0.2) is 8.42 Å². The lowest BCUT2D eigenvalue weighted by Gasteiger charge is -2.35. The van der Waals surface area contributed by atoms with Gasteiger partial charge < -0.3 is 15.2 Å². The number of aliphatic hydroxyl groups is 1. The van der Waals surface area contributed by atoms with Crippen molar-refractivity contribution in [3.63, 3.8) is 0 Å². The Bertz CT molecular complexity index is 583. The van der Waals surface area contributed by atoms with Crippen LogP contribution in [0.3, 0.4) is 0 Å². The first kappa shape index (κ1) is 14.8. The van der Waals surface area contributed by atoms with Crippen molar-refractivity contribution < 1.29 is 18.4 Å². The Balaban J connectivity index is 2.29. The third-order valence-corrected chi connectivity index (χ3v) is 5.25. The van der Waals surface area contributed by atoms with E-state index in [-0.39, 0.29) is 24.1 Å². The molecule has 0 bridgehead atoms. The van der Waals surface area contributed by atoms with E-state index < -0.39 is 20.8 Å². The molecule has 2 rings (SSSR count). The van der Waals surface area contributed by atoms with Gasteiger partial charge in [0.25, 0.3) is 0 Å². The smallest absolute Gasteiger partial charge is 0.363 e. The van der Waals surface area contributed by atoms with Crippen molar-refractivity contribution in [2.24, 2.45) is 0 Å². The van der Waals surface area contributed by atoms with Crippen LogP contribution in [0.5, 0.6) is 0 Å². The number of aliphatic hydroxyl groups excluding tert-OH is 1. The normalized spacial score (nSPS) is 16.1. The molecule has 0 aliphatic heterocycles. The highest BCUT2D eigenvalue weighted by Crippen LogP contribution is 2.29. The first-order valence-corrected chi connectivity index (χ1v) is 7.64. The fourth-order valence-corrected chi connectivity index (χ4v) is 3.66. The first-order valence-electron chi connectivity index (χ1n) is 6.20. The Morgan fingerprint density at radius 2 is 2.15 bits per heavy atom. The summed E-state index contributed by atoms with van der Waals surface area (Å²) in [7, 11) is -3.78. The van der Waals surface area contributed by atoms with E-state index >= 15 is 0 Å². The van der Waals surface area contributed by atoms with Crippen molar-refractivity contribution in [3.8, 4) is 0 Å². The lowest BCUT2D eigenvalue weighted by atomic mass is 9.93. The minimum absolute atomic E-state index is 0.0178. The van der Waals surface area contributed by atoms with E-state index in [1.54, 1.807) is 0 Å². The fourth-order valence-electron chi connectivity index (χ4n) is 2.04. The van der Waals surface area contributed by atoms with Crippen molar-refractivity contribution in [1.29, 1.82) is 0 Å². The molecular formula is C11H15N3O5S. The van der Waals surface area contributed by atoms with E-state index in [2.05, 4.69) is 4.98 Å². The van der Waals surface area contributed by atoms with E-state index in [4.69, 9.17) is 5.11 Å². The Labute approximate surface area is 116 Å². The molecule has 1 aliphatic rings. The number of aromatic nitrogens is 1. The highest BCUT2D eigenvalue weighted by molar-refractivity contribution is 7.89. The zero-order valence-electron chi connectivity index (χ0n) is 10.7. The van der Waals surface area contributed by atoms with Crippen molar-refractivity contribution in [3.05, 3.63) is 28.4 Å². The SMILES string of the molecule is O=[N+]([O-])c1ccc(S(=O)(=O)N(CCO)C2CCC2)cn1. The van der Waals surface area contributed by atoms with Gasteiger partial charge in [0.1, 0.15) is 4.90 Å². The van der Waals surface area contributed by atoms with Crippen molar-refractivity contribution in [2.45, 2.75) is 30.2 Å². The Hall–Kier alpha value is -1.58. The maximum absolute atomic E-state index is 12.4. The standard InChI is InChI=1S/C11H15N3O5S/c15-7-6-13(9-2-1-3-9)20(18,19)10-4-5-11(12-8-10)14(16)17/h4-5,8-9,15H,1-3,6-7H2. The molecule has 0 amide bonds. The van der Waals surface area contributed by atoms with Crippen LogP contribution in [-0.4, -0.2) is 46.9 Å². The van der Waals surface area contributed by atoms with Gasteiger partial charge in [-0.05, 0) is 28.8 Å². The monoisotopic (exact) mass is 301 g/mol. The molecule has 0 spiro atoms. The number of hydrogen-bond donors (Lipinski definition) is 1. The van der Waals surface area contributed by atoms with E-state index in [9.17, 15) is 18.5 Å². The van der Waals surface area contributed by atoms with E-state index in [1.165, 1.54) is 10.4 Å². The lowest BCUT2D eigenvalue weighted by Crippen LogP contribution is -2.45. The van der Waals surface area contributed by atoms with Gasteiger partial charge in [-0.15, -0.1) is 0 Å². The van der Waals surface area contributed by atoms with Crippen LogP contribution in [0.4, 0.5) is 5.82 Å². The second kappa shape index (κ2) is 5.81. The van der Waals surface area contributed by atoms with Gasteiger partial charge in [-0.2, -0.15) is 4.31 Å². The molecule has 0 aromatic carbocycles. The molecule has 0 atom stereocenters. The van der Waals surface area contributed by atoms with Gasteiger partial charge >= 0.3 is 5.82 Å². The molecule has 1 aromatic heterocycles. The second-order valence-electron chi connectivity index (χ2n) is 4.53. The molecule has 1 saturated carbocycles. The first-order chi connectivity index (χ1) is 9.46. The number of hydrogen-bond acceptors (Lipinski definition) is 6. The number of rotatable bonds is 6. The summed E-state index contributed by atoms with van der Waals surface area (Å²) in [6, 6.07) is 2.12. The minimum atomic E-state index is -3.78. The fraction of sp³-hybridized carbons (Fsp3) is 0.545. The molecule has 1 N–H and O–H groups in total. The summed E-state index contributed by atoms with van der Waals surface area (Å²) in [5.74, 6) is -0.402. The van der Waals surface area contributed by atoms with Crippen LogP contribution >= 0.6 is 0 Å². The van der Waals surface area contributed by atoms with Gasteiger partial charge in [0, 0.05) is 18.7 Å². The summed E-state index contributed by atoms with van der Waals surface area (Å²) in [4.78, 5) is 13.3. The Morgan fingerprint density at radius 3 is 2.55 bits per heavy atom. The predicted molar refractivity (Wildman–Crippen MR) is 69.5 cm³/mol. The third-order valence-electron chi connectivity index (χ3n) is 3.32. The second-order valence-corrected chi connectivity index (χ2v) is 6.42. The number of sulfonamides is 1. The summed E-state index contributed by atoms with van der Waals surface area (Å²) < 4.78 is 26.1. The molecule has 110 valence electrons. The molecule has 20 heavy (non-hydrogen) atoms. The predicted octanol–water partition coefficient (Wildman–Crippen LogP) is 0.525. The van der Waals surface area contributed by atoms with Gasteiger partial charge in [0.2, 0.25) is 10.0 Å². The van der Waals surface area contributed by atoms with Crippen LogP contribution in [0.25, 0.3) is 0 Å². The topological polar surface area (TPSA) is 114 Å². The highest BCUT2D eigenvalue weighted by Gasteiger charge is 2.35. The van der Waals surface area contributed by atoms with Gasteiger partial charge in [0.05, 0.1) is 6.61 Å². The quantitative estimate of drug-likeness (QED) is 0.605. The van der Waals surface area contributed by atoms with Crippen LogP contribution in [0.15, 0.2) is 23.2 Å². The number of pyridine rings is 1. The molecule has 1 heterocycles. The number of nitrogens with zero attached hydrogens (tertiary/aromatic N) is 3. The zero-order chi connectivity index (χ0) is 14.8. The average Bonchev–Trinajstić information content (AvgIpc) is 2.36. The molecule has 0 radical (unpaired) electrons. The van der Waals surface area contributed by atoms with E-state index in [1.807, 2.05) is 0 Å². The summed E-state index contributed by atoms with van der Waals surface area (Å²) in [5, 5.41) is 19.5. The highest BCUT2D eigenvalue weighted by atomic mass is 32.2. The number of nitro groups is 1. The van der Waals surface area contributed by atoms with Crippen LogP contribution in [0, 0.1) is 10.1 Å². The molecule has 0 unspecified atom stereocenters. The van der Waals surface area contributed by atoms with Crippen molar-refractivity contribution in [2.75, 3.05) is 13.2 Å². The van der Waals surface area contributed by atoms with E-state index in [0.717, 1.165) is 31.5 Å². The lowest BCUT2D eigenvalue weighted by molar-refractivity contribution is -0.389. The largest absolute Gasteiger partial charge is 0.395 e. The molecule has 1 aromatic rings. The molecule has 1 fully saturated rings. The summed E-state index contributed by atoms with van der Waals surface area (Å²) in [6.45, 7) is -0.250. The van der Waals surface area contributed by atoms with Crippen LogP contribution in [0.1, 0.15) is 19.3 Å². The molecule has 0 saturated heterocycles. The molecule has 8 nitrogen and oxygen atoms in total. The van der Waals surface area contributed by atoms with Crippen molar-refractivity contribution in [1.82, 2.24) is 9.29 Å². The van der Waals surface area contributed by atoms with Crippen LogP contribution in [0.2, 0.25) is 0 Å². The Morgan fingerprint density at radius 1 is 1.45 bits per heavy atom. The summed E-state index contributed by atoms with van der Waals surface area (Å²) in [6.07, 6.45) is 3.47. The maximum atomic E-state index is 12.4.